The third kappa shape index (κ3) is 4.27. The molecule has 28 heavy (non-hydrogen) atoms. The first-order chi connectivity index (χ1) is 13.3. The van der Waals surface area contributed by atoms with Crippen molar-refractivity contribution in [1.29, 1.82) is 0 Å². The van der Waals surface area contributed by atoms with Crippen LogP contribution in [0.15, 0.2) is 59.0 Å². The third-order valence-electron chi connectivity index (χ3n) is 3.95. The molecule has 0 bridgehead atoms. The molecule has 0 saturated heterocycles. The highest BCUT2D eigenvalue weighted by Gasteiger charge is 2.14. The Labute approximate surface area is 159 Å². The second kappa shape index (κ2) is 7.79. The summed E-state index contributed by atoms with van der Waals surface area (Å²) >= 11 is 0. The SMILES string of the molecule is Cc1cc(NC(=O)/C=C/c2ccc(-c3ccc(F)cc3)o2)cc(C(=O)O)c1O. The van der Waals surface area contributed by atoms with E-state index in [2.05, 4.69) is 5.32 Å². The monoisotopic (exact) mass is 381 g/mol. The van der Waals surface area contributed by atoms with Gasteiger partial charge in [0.05, 0.1) is 0 Å². The van der Waals surface area contributed by atoms with E-state index in [1.54, 1.807) is 24.3 Å². The number of amides is 1. The summed E-state index contributed by atoms with van der Waals surface area (Å²) in [5.41, 5.74) is 0.975. The minimum Gasteiger partial charge on any atom is -0.507 e. The summed E-state index contributed by atoms with van der Waals surface area (Å²) in [7, 11) is 0. The number of halogens is 1. The zero-order valence-corrected chi connectivity index (χ0v) is 14.8. The summed E-state index contributed by atoms with van der Waals surface area (Å²) < 4.78 is 18.6. The minimum absolute atomic E-state index is 0.244. The number of hydrogen-bond donors (Lipinski definition) is 3. The molecule has 0 radical (unpaired) electrons. The Kier molecular flexibility index (Phi) is 5.26. The summed E-state index contributed by atoms with van der Waals surface area (Å²) in [6, 6.07) is 11.8. The highest BCUT2D eigenvalue weighted by atomic mass is 19.1. The van der Waals surface area contributed by atoms with Gasteiger partial charge in [-0.2, -0.15) is 0 Å². The summed E-state index contributed by atoms with van der Waals surface area (Å²) in [6.07, 6.45) is 2.68. The molecule has 1 amide bonds. The van der Waals surface area contributed by atoms with Gasteiger partial charge in [-0.1, -0.05) is 0 Å². The van der Waals surface area contributed by atoms with Crippen molar-refractivity contribution in [3.8, 4) is 17.1 Å². The Hall–Kier alpha value is -3.87. The number of carboxylic acids is 1. The third-order valence-corrected chi connectivity index (χ3v) is 3.95. The lowest BCUT2D eigenvalue weighted by Gasteiger charge is -2.08. The first kappa shape index (κ1) is 18.9. The Morgan fingerprint density at radius 2 is 1.82 bits per heavy atom. The predicted molar refractivity (Wildman–Crippen MR) is 102 cm³/mol. The summed E-state index contributed by atoms with van der Waals surface area (Å²) in [5, 5.41) is 21.4. The zero-order chi connectivity index (χ0) is 20.3. The van der Waals surface area contributed by atoms with Gasteiger partial charge in [-0.25, -0.2) is 9.18 Å². The number of hydrogen-bond acceptors (Lipinski definition) is 4. The molecule has 0 atom stereocenters. The van der Waals surface area contributed by atoms with E-state index in [9.17, 15) is 19.1 Å². The highest BCUT2D eigenvalue weighted by Crippen LogP contribution is 2.27. The van der Waals surface area contributed by atoms with Crippen LogP contribution in [0.4, 0.5) is 10.1 Å². The van der Waals surface area contributed by atoms with E-state index in [1.165, 1.54) is 43.3 Å². The number of nitrogens with one attached hydrogen (secondary N) is 1. The highest BCUT2D eigenvalue weighted by molar-refractivity contribution is 6.03. The van der Waals surface area contributed by atoms with Gasteiger partial charge in [0.2, 0.25) is 5.91 Å². The number of carboxylic acid groups (broad SMARTS) is 1. The number of carbonyl (C=O) groups is 2. The number of rotatable bonds is 5. The number of phenols is 1. The fourth-order valence-corrected chi connectivity index (χ4v) is 2.57. The van der Waals surface area contributed by atoms with Gasteiger partial charge in [0.25, 0.3) is 0 Å². The zero-order valence-electron chi connectivity index (χ0n) is 14.8. The molecular formula is C21H16FNO5. The van der Waals surface area contributed by atoms with E-state index in [1.807, 2.05) is 0 Å². The molecule has 6 nitrogen and oxygen atoms in total. The van der Waals surface area contributed by atoms with E-state index in [-0.39, 0.29) is 22.8 Å². The van der Waals surface area contributed by atoms with Crippen molar-refractivity contribution in [3.05, 3.63) is 77.3 Å². The Balaban J connectivity index is 1.71. The lowest BCUT2D eigenvalue weighted by Crippen LogP contribution is -2.09. The fourth-order valence-electron chi connectivity index (χ4n) is 2.57. The van der Waals surface area contributed by atoms with Crippen LogP contribution < -0.4 is 5.32 Å². The van der Waals surface area contributed by atoms with Gasteiger partial charge in [-0.15, -0.1) is 0 Å². The molecule has 0 spiro atoms. The number of furan rings is 1. The quantitative estimate of drug-likeness (QED) is 0.448. The van der Waals surface area contributed by atoms with Crippen LogP contribution in [-0.2, 0) is 4.79 Å². The van der Waals surface area contributed by atoms with E-state index in [4.69, 9.17) is 9.52 Å². The summed E-state index contributed by atoms with van der Waals surface area (Å²) in [4.78, 5) is 23.2. The van der Waals surface area contributed by atoms with Crippen LogP contribution >= 0.6 is 0 Å². The van der Waals surface area contributed by atoms with E-state index >= 15 is 0 Å². The van der Waals surface area contributed by atoms with Crippen LogP contribution in [0, 0.1) is 12.7 Å². The molecular weight excluding hydrogens is 365 g/mol. The Bertz CT molecular complexity index is 1070. The Morgan fingerprint density at radius 1 is 1.11 bits per heavy atom. The van der Waals surface area contributed by atoms with Crippen molar-refractivity contribution in [1.82, 2.24) is 0 Å². The van der Waals surface area contributed by atoms with Crippen LogP contribution in [0.3, 0.4) is 0 Å². The van der Waals surface area contributed by atoms with E-state index in [0.717, 1.165) is 0 Å². The molecule has 0 aliphatic rings. The van der Waals surface area contributed by atoms with Crippen molar-refractivity contribution in [3.63, 3.8) is 0 Å². The van der Waals surface area contributed by atoms with Crippen LogP contribution in [0.1, 0.15) is 21.7 Å². The molecule has 0 fully saturated rings. The predicted octanol–water partition coefficient (Wildman–Crippen LogP) is 4.45. The molecule has 0 aliphatic heterocycles. The molecule has 142 valence electrons. The molecule has 0 unspecified atom stereocenters. The van der Waals surface area contributed by atoms with Crippen molar-refractivity contribution < 1.29 is 28.6 Å². The van der Waals surface area contributed by atoms with Crippen molar-refractivity contribution >= 4 is 23.6 Å². The molecule has 3 rings (SSSR count). The van der Waals surface area contributed by atoms with E-state index in [0.29, 0.717) is 22.6 Å². The van der Waals surface area contributed by atoms with Gasteiger partial charge in [-0.05, 0) is 67.1 Å². The van der Waals surface area contributed by atoms with Crippen LogP contribution in [0.25, 0.3) is 17.4 Å². The summed E-state index contributed by atoms with van der Waals surface area (Å²) in [5.74, 6) is -1.53. The fraction of sp³-hybridized carbons (Fsp3) is 0.0476. The smallest absolute Gasteiger partial charge is 0.339 e. The molecule has 1 heterocycles. The van der Waals surface area contributed by atoms with Crippen LogP contribution in [-0.4, -0.2) is 22.1 Å². The molecule has 2 aromatic carbocycles. The average Bonchev–Trinajstić information content (AvgIpc) is 3.12. The molecule has 3 aromatic rings. The maximum atomic E-state index is 13.0. The second-order valence-corrected chi connectivity index (χ2v) is 6.03. The van der Waals surface area contributed by atoms with Crippen molar-refractivity contribution in [2.24, 2.45) is 0 Å². The molecule has 1 aromatic heterocycles. The maximum absolute atomic E-state index is 13.0. The van der Waals surface area contributed by atoms with Gasteiger partial charge < -0.3 is 19.9 Å². The standard InChI is InChI=1S/C21H16FNO5/c1-12-10-15(11-17(20(12)25)21(26)27)23-19(24)9-7-16-6-8-18(28-16)13-2-4-14(22)5-3-13/h2-11,25H,1H3,(H,23,24)(H,26,27)/b9-7+. The van der Waals surface area contributed by atoms with Crippen LogP contribution in [0.5, 0.6) is 5.75 Å². The Morgan fingerprint density at radius 3 is 2.50 bits per heavy atom. The number of benzene rings is 2. The molecule has 0 aliphatic carbocycles. The lowest BCUT2D eigenvalue weighted by atomic mass is 10.1. The molecule has 7 heteroatoms. The number of aromatic carboxylic acids is 1. The molecule has 0 saturated carbocycles. The van der Waals surface area contributed by atoms with E-state index < -0.39 is 11.9 Å². The first-order valence-electron chi connectivity index (χ1n) is 8.25. The minimum atomic E-state index is -1.30. The molecule has 3 N–H and O–H groups in total. The summed E-state index contributed by atoms with van der Waals surface area (Å²) in [6.45, 7) is 1.53. The average molecular weight is 381 g/mol. The normalized spacial score (nSPS) is 10.9. The topological polar surface area (TPSA) is 99.8 Å². The number of anilines is 1. The largest absolute Gasteiger partial charge is 0.507 e. The maximum Gasteiger partial charge on any atom is 0.339 e. The van der Waals surface area contributed by atoms with Gasteiger partial charge in [0.1, 0.15) is 28.7 Å². The lowest BCUT2D eigenvalue weighted by molar-refractivity contribution is -0.111. The van der Waals surface area contributed by atoms with Gasteiger partial charge in [0.15, 0.2) is 0 Å². The van der Waals surface area contributed by atoms with Gasteiger partial charge in [-0.3, -0.25) is 4.79 Å². The van der Waals surface area contributed by atoms with Gasteiger partial charge >= 0.3 is 5.97 Å². The van der Waals surface area contributed by atoms with Gasteiger partial charge in [0, 0.05) is 17.3 Å². The first-order valence-corrected chi connectivity index (χ1v) is 8.25. The number of carbonyl (C=O) groups excluding carboxylic acids is 1. The number of aryl methyl sites for hydroxylation is 1. The second-order valence-electron chi connectivity index (χ2n) is 6.03. The number of aromatic hydroxyl groups is 1. The van der Waals surface area contributed by atoms with Crippen LogP contribution in [0.2, 0.25) is 0 Å². The van der Waals surface area contributed by atoms with Crippen molar-refractivity contribution in [2.75, 3.05) is 5.32 Å². The van der Waals surface area contributed by atoms with Crippen molar-refractivity contribution in [2.45, 2.75) is 6.92 Å².